The second-order valence-electron chi connectivity index (χ2n) is 7.34. The zero-order valence-corrected chi connectivity index (χ0v) is 15.9. The number of aryl methyl sites for hydroxylation is 1. The molecule has 0 aromatic carbocycles. The lowest BCUT2D eigenvalue weighted by Gasteiger charge is -2.36. The highest BCUT2D eigenvalue weighted by Gasteiger charge is 2.31. The summed E-state index contributed by atoms with van der Waals surface area (Å²) < 4.78 is 25.4. The molecular formula is C17H28N4O2S. The smallest absolute Gasteiger partial charge is 0.152 e. The molecule has 7 heteroatoms. The number of rotatable bonds is 3. The first kappa shape index (κ1) is 17.5. The highest BCUT2D eigenvalue weighted by Crippen LogP contribution is 2.27. The zero-order valence-electron chi connectivity index (χ0n) is 15.1. The van der Waals surface area contributed by atoms with E-state index in [1.54, 1.807) is 0 Å². The molecule has 0 saturated carbocycles. The standard InChI is InChI=1S/C17H28N4O2S/c1-12-6-5-7-13(2)20(12)18-10-17-14(3)19-21(15(17)4)16-8-9-24(22,23)11-16/h10,12-13,16H,5-9,11H2,1-4H3/b18-10-/t12-,13-,16-/m0/s1. The zero-order chi connectivity index (χ0) is 17.5. The Morgan fingerprint density at radius 2 is 1.83 bits per heavy atom. The van der Waals surface area contributed by atoms with Gasteiger partial charge in [0.15, 0.2) is 9.84 Å². The average molecular weight is 353 g/mol. The quantitative estimate of drug-likeness (QED) is 0.784. The molecule has 2 fully saturated rings. The summed E-state index contributed by atoms with van der Waals surface area (Å²) in [7, 11) is -2.91. The topological polar surface area (TPSA) is 67.6 Å². The molecule has 2 aliphatic heterocycles. The Morgan fingerprint density at radius 1 is 1.17 bits per heavy atom. The van der Waals surface area contributed by atoms with Gasteiger partial charge in [-0.25, -0.2) is 8.42 Å². The first-order valence-electron chi connectivity index (χ1n) is 8.87. The van der Waals surface area contributed by atoms with E-state index in [1.165, 1.54) is 19.3 Å². The van der Waals surface area contributed by atoms with Gasteiger partial charge in [-0.1, -0.05) is 0 Å². The van der Waals surface area contributed by atoms with Crippen LogP contribution in [0.1, 0.15) is 62.5 Å². The summed E-state index contributed by atoms with van der Waals surface area (Å²) in [5.41, 5.74) is 2.94. The van der Waals surface area contributed by atoms with Gasteiger partial charge in [0.05, 0.1) is 29.5 Å². The van der Waals surface area contributed by atoms with Crippen molar-refractivity contribution < 1.29 is 8.42 Å². The fraction of sp³-hybridized carbons (Fsp3) is 0.765. The Hall–Kier alpha value is -1.37. The molecule has 0 amide bonds. The van der Waals surface area contributed by atoms with Crippen LogP contribution in [0.4, 0.5) is 0 Å². The Morgan fingerprint density at radius 3 is 2.42 bits per heavy atom. The molecule has 0 N–H and O–H groups in total. The summed E-state index contributed by atoms with van der Waals surface area (Å²) in [6.45, 7) is 8.42. The van der Waals surface area contributed by atoms with Gasteiger partial charge in [0, 0.05) is 23.3 Å². The molecule has 1 aromatic heterocycles. The Balaban J connectivity index is 1.83. The number of sulfone groups is 1. The summed E-state index contributed by atoms with van der Waals surface area (Å²) in [4.78, 5) is 0. The van der Waals surface area contributed by atoms with E-state index >= 15 is 0 Å². The van der Waals surface area contributed by atoms with E-state index in [4.69, 9.17) is 5.10 Å². The third-order valence-electron chi connectivity index (χ3n) is 5.40. The molecule has 0 radical (unpaired) electrons. The highest BCUT2D eigenvalue weighted by molar-refractivity contribution is 7.91. The van der Waals surface area contributed by atoms with E-state index in [9.17, 15) is 8.42 Å². The largest absolute Gasteiger partial charge is 0.292 e. The van der Waals surface area contributed by atoms with Crippen LogP contribution in [0.25, 0.3) is 0 Å². The average Bonchev–Trinajstić information content (AvgIpc) is 2.99. The highest BCUT2D eigenvalue weighted by atomic mass is 32.2. The van der Waals surface area contributed by atoms with Gasteiger partial charge in [0.1, 0.15) is 0 Å². The third kappa shape index (κ3) is 3.36. The van der Waals surface area contributed by atoms with Crippen molar-refractivity contribution in [3.8, 4) is 0 Å². The third-order valence-corrected chi connectivity index (χ3v) is 7.15. The van der Waals surface area contributed by atoms with Crippen molar-refractivity contribution in [1.82, 2.24) is 14.8 Å². The van der Waals surface area contributed by atoms with Gasteiger partial charge >= 0.3 is 0 Å². The van der Waals surface area contributed by atoms with E-state index in [1.807, 2.05) is 24.7 Å². The molecule has 0 aliphatic carbocycles. The molecule has 134 valence electrons. The Labute approximate surface area is 144 Å². The molecule has 3 heterocycles. The van der Waals surface area contributed by atoms with E-state index in [0.717, 1.165) is 17.0 Å². The molecule has 2 saturated heterocycles. The fourth-order valence-corrected chi connectivity index (χ4v) is 5.64. The van der Waals surface area contributed by atoms with Crippen molar-refractivity contribution in [2.75, 3.05) is 11.5 Å². The molecule has 0 bridgehead atoms. The summed E-state index contributed by atoms with van der Waals surface area (Å²) in [6, 6.07) is 0.880. The van der Waals surface area contributed by atoms with E-state index in [-0.39, 0.29) is 17.5 Å². The van der Waals surface area contributed by atoms with Crippen LogP contribution >= 0.6 is 0 Å². The van der Waals surface area contributed by atoms with Crippen LogP contribution in [0, 0.1) is 13.8 Å². The van der Waals surface area contributed by atoms with Crippen LogP contribution < -0.4 is 0 Å². The lowest BCUT2D eigenvalue weighted by molar-refractivity contribution is 0.109. The van der Waals surface area contributed by atoms with E-state index < -0.39 is 9.84 Å². The second kappa shape index (κ2) is 6.50. The van der Waals surface area contributed by atoms with Crippen LogP contribution in [0.15, 0.2) is 5.10 Å². The summed E-state index contributed by atoms with van der Waals surface area (Å²) in [5.74, 6) is 0.466. The Kier molecular flexibility index (Phi) is 4.73. The minimum atomic E-state index is -2.91. The lowest BCUT2D eigenvalue weighted by Crippen LogP contribution is -2.39. The van der Waals surface area contributed by atoms with Gasteiger partial charge in [-0.05, 0) is 53.4 Å². The van der Waals surface area contributed by atoms with Gasteiger partial charge in [0.25, 0.3) is 0 Å². The van der Waals surface area contributed by atoms with Gasteiger partial charge in [-0.2, -0.15) is 10.2 Å². The van der Waals surface area contributed by atoms with Crippen molar-refractivity contribution in [3.63, 3.8) is 0 Å². The molecule has 3 rings (SSSR count). The van der Waals surface area contributed by atoms with E-state index in [0.29, 0.717) is 18.5 Å². The maximum Gasteiger partial charge on any atom is 0.152 e. The predicted molar refractivity (Wildman–Crippen MR) is 96.2 cm³/mol. The van der Waals surface area contributed by atoms with Gasteiger partial charge in [-0.15, -0.1) is 0 Å². The Bertz CT molecular complexity index is 728. The van der Waals surface area contributed by atoms with Crippen molar-refractivity contribution in [1.29, 1.82) is 0 Å². The molecule has 1 aromatic rings. The van der Waals surface area contributed by atoms with Crippen molar-refractivity contribution in [2.24, 2.45) is 5.10 Å². The first-order chi connectivity index (χ1) is 11.3. The van der Waals surface area contributed by atoms with Crippen LogP contribution in [-0.2, 0) is 9.84 Å². The number of hydrogen-bond donors (Lipinski definition) is 0. The number of piperidine rings is 1. The molecule has 6 nitrogen and oxygen atoms in total. The second-order valence-corrected chi connectivity index (χ2v) is 9.57. The molecular weight excluding hydrogens is 324 g/mol. The normalized spacial score (nSPS) is 30.3. The summed E-state index contributed by atoms with van der Waals surface area (Å²) in [6.07, 6.45) is 6.19. The first-order valence-corrected chi connectivity index (χ1v) is 10.7. The van der Waals surface area contributed by atoms with Gasteiger partial charge < -0.3 is 0 Å². The molecule has 3 atom stereocenters. The summed E-state index contributed by atoms with van der Waals surface area (Å²) in [5, 5.41) is 11.5. The molecule has 2 aliphatic rings. The maximum absolute atomic E-state index is 11.7. The lowest BCUT2D eigenvalue weighted by atomic mass is 10.00. The van der Waals surface area contributed by atoms with Crippen LogP contribution in [-0.4, -0.2) is 53.0 Å². The number of aromatic nitrogens is 2. The van der Waals surface area contributed by atoms with Crippen molar-refractivity contribution in [2.45, 2.75) is 71.5 Å². The van der Waals surface area contributed by atoms with Crippen LogP contribution in [0.3, 0.4) is 0 Å². The molecule has 0 spiro atoms. The summed E-state index contributed by atoms with van der Waals surface area (Å²) >= 11 is 0. The maximum atomic E-state index is 11.7. The number of hydrazone groups is 1. The van der Waals surface area contributed by atoms with Crippen molar-refractivity contribution >= 4 is 16.1 Å². The number of nitrogens with zero attached hydrogens (tertiary/aromatic N) is 4. The minimum absolute atomic E-state index is 0.0383. The minimum Gasteiger partial charge on any atom is -0.292 e. The van der Waals surface area contributed by atoms with Crippen LogP contribution in [0.2, 0.25) is 0 Å². The number of hydrogen-bond acceptors (Lipinski definition) is 5. The van der Waals surface area contributed by atoms with Gasteiger partial charge in [-0.3, -0.25) is 9.69 Å². The molecule has 0 unspecified atom stereocenters. The monoisotopic (exact) mass is 352 g/mol. The van der Waals surface area contributed by atoms with E-state index in [2.05, 4.69) is 24.0 Å². The van der Waals surface area contributed by atoms with Crippen molar-refractivity contribution in [3.05, 3.63) is 17.0 Å². The van der Waals surface area contributed by atoms with Gasteiger partial charge in [0.2, 0.25) is 0 Å². The van der Waals surface area contributed by atoms with Crippen LogP contribution in [0.5, 0.6) is 0 Å². The predicted octanol–water partition coefficient (Wildman–Crippen LogP) is 2.46. The molecule has 24 heavy (non-hydrogen) atoms. The SMILES string of the molecule is Cc1nn([C@H]2CCS(=O)(=O)C2)c(C)c1/C=N\N1[C@@H](C)CCC[C@@H]1C. The fourth-order valence-electron chi connectivity index (χ4n) is 3.95.